The number of rotatable bonds is 0. The lowest BCUT2D eigenvalue weighted by Gasteiger charge is -1.91. The monoisotopic (exact) mass is 148 g/mol. The standard InChI is InChI=1S/C9H9NO/c1-6-5-10-9-4-7(11)2-3-8(6)9/h2-5,10-11H,1H3/i2D. The Bertz CT molecular complexity index is 433. The third-order valence-corrected chi connectivity index (χ3v) is 1.80. The Balaban J connectivity index is 2.87. The van der Waals surface area contributed by atoms with Crippen LogP contribution in [-0.4, -0.2) is 10.1 Å². The molecular weight excluding hydrogens is 138 g/mol. The molecule has 2 rings (SSSR count). The number of phenolic OH excluding ortho intramolecular Hbond substituents is 1. The van der Waals surface area contributed by atoms with Crippen LogP contribution in [0.25, 0.3) is 10.9 Å². The zero-order valence-corrected chi connectivity index (χ0v) is 6.18. The van der Waals surface area contributed by atoms with E-state index in [0.717, 1.165) is 16.5 Å². The Morgan fingerprint density at radius 3 is 3.27 bits per heavy atom. The highest BCUT2D eigenvalue weighted by atomic mass is 16.3. The molecule has 1 heterocycles. The number of benzene rings is 1. The van der Waals surface area contributed by atoms with E-state index in [2.05, 4.69) is 4.98 Å². The first kappa shape index (κ1) is 5.24. The first-order valence-corrected chi connectivity index (χ1v) is 3.46. The van der Waals surface area contributed by atoms with E-state index < -0.39 is 0 Å². The summed E-state index contributed by atoms with van der Waals surface area (Å²) in [5, 5.41) is 10.2. The number of nitrogens with one attached hydrogen (secondary N) is 1. The van der Waals surface area contributed by atoms with Crippen LogP contribution in [0.1, 0.15) is 6.93 Å². The maximum atomic E-state index is 9.22. The normalized spacial score (nSPS) is 11.9. The predicted octanol–water partition coefficient (Wildman–Crippen LogP) is 2.18. The summed E-state index contributed by atoms with van der Waals surface area (Å²) in [4.78, 5) is 3.01. The third kappa shape index (κ3) is 0.871. The molecule has 56 valence electrons. The van der Waals surface area contributed by atoms with Crippen LogP contribution in [0, 0.1) is 6.92 Å². The maximum Gasteiger partial charge on any atom is 0.117 e. The predicted molar refractivity (Wildman–Crippen MR) is 44.7 cm³/mol. The van der Waals surface area contributed by atoms with Crippen molar-refractivity contribution in [3.8, 4) is 5.75 Å². The van der Waals surface area contributed by atoms with Gasteiger partial charge >= 0.3 is 0 Å². The molecule has 0 radical (unpaired) electrons. The summed E-state index contributed by atoms with van der Waals surface area (Å²) in [7, 11) is 0. The summed E-state index contributed by atoms with van der Waals surface area (Å²) in [6, 6.07) is 3.41. The van der Waals surface area contributed by atoms with E-state index in [-0.39, 0.29) is 11.8 Å². The molecular formula is C9H9NO. The van der Waals surface area contributed by atoms with E-state index >= 15 is 0 Å². The van der Waals surface area contributed by atoms with E-state index in [9.17, 15) is 5.11 Å². The maximum absolute atomic E-state index is 9.22. The Kier molecular flexibility index (Phi) is 0.963. The molecule has 2 N–H and O–H groups in total. The minimum atomic E-state index is 0.0179. The molecule has 2 heteroatoms. The first-order chi connectivity index (χ1) is 5.68. The zero-order chi connectivity index (χ0) is 8.72. The molecule has 2 nitrogen and oxygen atoms in total. The molecule has 0 amide bonds. The molecule has 0 saturated heterocycles. The van der Waals surface area contributed by atoms with Gasteiger partial charge in [0.25, 0.3) is 0 Å². The lowest BCUT2D eigenvalue weighted by atomic mass is 10.2. The van der Waals surface area contributed by atoms with E-state index in [1.807, 2.05) is 13.1 Å². The molecule has 0 atom stereocenters. The van der Waals surface area contributed by atoms with Gasteiger partial charge in [0.05, 0.1) is 1.37 Å². The lowest BCUT2D eigenvalue weighted by Crippen LogP contribution is -1.68. The fraction of sp³-hybridized carbons (Fsp3) is 0.111. The fourth-order valence-corrected chi connectivity index (χ4v) is 1.19. The number of aromatic hydroxyl groups is 1. The van der Waals surface area contributed by atoms with Crippen LogP contribution in [-0.2, 0) is 0 Å². The fourth-order valence-electron chi connectivity index (χ4n) is 1.19. The smallest absolute Gasteiger partial charge is 0.117 e. The number of fused-ring (bicyclic) bond motifs is 1. The first-order valence-electron chi connectivity index (χ1n) is 3.96. The Hall–Kier alpha value is -1.44. The van der Waals surface area contributed by atoms with Crippen LogP contribution in [0.5, 0.6) is 5.75 Å². The number of aromatic nitrogens is 1. The number of phenols is 1. The molecule has 0 fully saturated rings. The van der Waals surface area contributed by atoms with E-state index in [0.29, 0.717) is 0 Å². The van der Waals surface area contributed by atoms with Crippen LogP contribution in [0.4, 0.5) is 0 Å². The molecule has 0 aliphatic heterocycles. The number of hydrogen-bond donors (Lipinski definition) is 2. The molecule has 0 aliphatic rings. The second kappa shape index (κ2) is 2.02. The van der Waals surface area contributed by atoms with Crippen LogP contribution in [0.15, 0.2) is 24.4 Å². The summed E-state index contributed by atoms with van der Waals surface area (Å²) in [6.07, 6.45) is 1.86. The van der Waals surface area contributed by atoms with Crippen LogP contribution < -0.4 is 0 Å². The molecule has 0 saturated carbocycles. The third-order valence-electron chi connectivity index (χ3n) is 1.80. The lowest BCUT2D eigenvalue weighted by molar-refractivity contribution is 0.476. The van der Waals surface area contributed by atoms with Crippen molar-refractivity contribution in [2.75, 3.05) is 0 Å². The van der Waals surface area contributed by atoms with Gasteiger partial charge in [-0.1, -0.05) is 0 Å². The highest BCUT2D eigenvalue weighted by Crippen LogP contribution is 2.21. The number of aryl methyl sites for hydroxylation is 1. The Morgan fingerprint density at radius 1 is 1.64 bits per heavy atom. The molecule has 0 bridgehead atoms. The second-order valence-corrected chi connectivity index (χ2v) is 2.62. The van der Waals surface area contributed by atoms with Crippen molar-refractivity contribution in [3.63, 3.8) is 0 Å². The summed E-state index contributed by atoms with van der Waals surface area (Å²) >= 11 is 0. The van der Waals surface area contributed by atoms with Gasteiger partial charge < -0.3 is 10.1 Å². The topological polar surface area (TPSA) is 36.0 Å². The van der Waals surface area contributed by atoms with Crippen molar-refractivity contribution in [3.05, 3.63) is 29.9 Å². The minimum absolute atomic E-state index is 0.0179. The minimum Gasteiger partial charge on any atom is -0.508 e. The molecule has 0 spiro atoms. The van der Waals surface area contributed by atoms with E-state index in [1.165, 1.54) is 0 Å². The Morgan fingerprint density at radius 2 is 2.45 bits per heavy atom. The average molecular weight is 148 g/mol. The SMILES string of the molecule is [2H]c1cc2c(C)c[nH]c2cc1O. The molecule has 11 heavy (non-hydrogen) atoms. The van der Waals surface area contributed by atoms with Crippen molar-refractivity contribution in [2.45, 2.75) is 6.92 Å². The second-order valence-electron chi connectivity index (χ2n) is 2.62. The van der Waals surface area contributed by atoms with Gasteiger partial charge in [0, 0.05) is 23.2 Å². The number of H-pyrrole nitrogens is 1. The van der Waals surface area contributed by atoms with Crippen molar-refractivity contribution in [2.24, 2.45) is 0 Å². The van der Waals surface area contributed by atoms with Crippen molar-refractivity contribution in [1.82, 2.24) is 4.98 Å². The quantitative estimate of drug-likeness (QED) is 0.590. The van der Waals surface area contributed by atoms with Gasteiger partial charge in [-0.15, -0.1) is 0 Å². The van der Waals surface area contributed by atoms with Gasteiger partial charge in [0.15, 0.2) is 0 Å². The summed E-state index contributed by atoms with van der Waals surface area (Å²) < 4.78 is 7.37. The molecule has 1 aromatic heterocycles. The molecule has 0 unspecified atom stereocenters. The van der Waals surface area contributed by atoms with Gasteiger partial charge in [0.2, 0.25) is 0 Å². The van der Waals surface area contributed by atoms with Gasteiger partial charge in [-0.25, -0.2) is 0 Å². The molecule has 1 aromatic carbocycles. The molecule has 2 aromatic rings. The summed E-state index contributed by atoms with van der Waals surface area (Å²) in [5.74, 6) is 0.0179. The largest absolute Gasteiger partial charge is 0.508 e. The Labute approximate surface area is 65.9 Å². The van der Waals surface area contributed by atoms with Crippen LogP contribution in [0.3, 0.4) is 0 Å². The van der Waals surface area contributed by atoms with Gasteiger partial charge in [-0.2, -0.15) is 0 Å². The van der Waals surface area contributed by atoms with Gasteiger partial charge in [-0.05, 0) is 24.6 Å². The average Bonchev–Trinajstić information content (AvgIpc) is 2.35. The summed E-state index contributed by atoms with van der Waals surface area (Å²) in [5.41, 5.74) is 1.97. The number of aromatic amines is 1. The highest BCUT2D eigenvalue weighted by Gasteiger charge is 1.98. The number of hydrogen-bond acceptors (Lipinski definition) is 1. The van der Waals surface area contributed by atoms with Crippen LogP contribution in [0.2, 0.25) is 0 Å². The molecule has 0 aliphatic carbocycles. The van der Waals surface area contributed by atoms with Crippen LogP contribution >= 0.6 is 0 Å². The van der Waals surface area contributed by atoms with Gasteiger partial charge in [-0.3, -0.25) is 0 Å². The summed E-state index contributed by atoms with van der Waals surface area (Å²) in [6.45, 7) is 1.97. The highest BCUT2D eigenvalue weighted by molar-refractivity contribution is 5.83. The zero-order valence-electron chi connectivity index (χ0n) is 7.18. The van der Waals surface area contributed by atoms with Crippen molar-refractivity contribution in [1.29, 1.82) is 0 Å². The van der Waals surface area contributed by atoms with Crippen molar-refractivity contribution < 1.29 is 6.48 Å². The van der Waals surface area contributed by atoms with Crippen molar-refractivity contribution >= 4 is 10.9 Å². The van der Waals surface area contributed by atoms with Gasteiger partial charge in [0.1, 0.15) is 5.75 Å². The van der Waals surface area contributed by atoms with E-state index in [1.54, 1.807) is 12.1 Å². The van der Waals surface area contributed by atoms with E-state index in [4.69, 9.17) is 1.37 Å².